The molecule has 0 aliphatic carbocycles. The van der Waals surface area contributed by atoms with Gasteiger partial charge in [0.25, 0.3) is 0 Å². The molecule has 8 heavy (non-hydrogen) atoms. The first-order valence-electron chi connectivity index (χ1n) is 2.84. The lowest BCUT2D eigenvalue weighted by Crippen LogP contribution is -2.30. The van der Waals surface area contributed by atoms with Gasteiger partial charge in [-0.05, 0) is 6.26 Å². The normalized spacial score (nSPS) is 31.6. The number of rotatable bonds is 0. The summed E-state index contributed by atoms with van der Waals surface area (Å²) in [4.78, 5) is 0. The van der Waals surface area contributed by atoms with Gasteiger partial charge in [0.1, 0.15) is 0 Å². The lowest BCUT2D eigenvalue weighted by atomic mass is 10.8. The highest BCUT2D eigenvalue weighted by Gasteiger charge is 2.12. The zero-order valence-electron chi connectivity index (χ0n) is 5.09. The van der Waals surface area contributed by atoms with Gasteiger partial charge in [-0.2, -0.15) is 0 Å². The monoisotopic (exact) mass is 136 g/mol. The summed E-state index contributed by atoms with van der Waals surface area (Å²) in [5.74, 6) is 1.57. The molecule has 0 aromatic heterocycles. The summed E-state index contributed by atoms with van der Waals surface area (Å²) in [7, 11) is -1.71. The largest absolute Gasteiger partial charge is 0.380 e. The second-order valence-electron chi connectivity index (χ2n) is 2.36. The quantitative estimate of drug-likeness (QED) is 0.461. The average Bonchev–Trinajstić information content (AvgIpc) is 1.65. The van der Waals surface area contributed by atoms with Gasteiger partial charge in [0.15, 0.2) is 0 Å². The predicted octanol–water partition coefficient (Wildman–Crippen LogP) is -0.337. The highest BCUT2D eigenvalue weighted by Crippen LogP contribution is 2.04. The van der Waals surface area contributed by atoms with Crippen LogP contribution in [0, 0.1) is 0 Å². The fourth-order valence-corrected chi connectivity index (χ4v) is 1.98. The molecule has 50 valence electrons. The molecule has 0 radical (unpaired) electrons. The fraction of sp³-hybridized carbons (Fsp3) is 1.00. The van der Waals surface area contributed by atoms with Gasteiger partial charge in [0.05, 0.1) is 13.2 Å². The van der Waals surface area contributed by atoms with Crippen LogP contribution in [0.1, 0.15) is 0 Å². The van der Waals surface area contributed by atoms with Gasteiger partial charge in [-0.3, -0.25) is 4.21 Å². The third kappa shape index (κ3) is 1.56. The highest BCUT2D eigenvalue weighted by molar-refractivity contribution is 8.02. The van der Waals surface area contributed by atoms with E-state index in [9.17, 15) is 4.21 Å². The van der Waals surface area contributed by atoms with E-state index in [1.165, 1.54) is 0 Å². The summed E-state index contributed by atoms with van der Waals surface area (Å²) in [5.41, 5.74) is 0. The Bertz CT molecular complexity index is 112. The third-order valence-corrected chi connectivity index (χ3v) is 3.67. The van der Waals surface area contributed by atoms with Gasteiger partial charge >= 0.3 is 0 Å². The molecule has 1 rings (SSSR count). The van der Waals surface area contributed by atoms with Gasteiger partial charge in [0, 0.05) is 11.5 Å². The van der Waals surface area contributed by atoms with Crippen molar-refractivity contribution in [1.29, 1.82) is 0 Å². The predicted molar refractivity (Wildman–Crippen MR) is 36.0 cm³/mol. The number of ether oxygens (including phenoxy) is 1. The Labute approximate surface area is 50.6 Å². The number of hydrogen-bond acceptors (Lipinski definition) is 2. The van der Waals surface area contributed by atoms with Crippen molar-refractivity contribution in [3.63, 3.8) is 0 Å². The van der Waals surface area contributed by atoms with Gasteiger partial charge in [-0.1, -0.05) is 0 Å². The zero-order valence-corrected chi connectivity index (χ0v) is 5.99. The van der Waals surface area contributed by atoms with Crippen LogP contribution in [0.2, 0.25) is 0 Å². The molecule has 1 saturated heterocycles. The van der Waals surface area contributed by atoms with Crippen molar-refractivity contribution in [3.05, 3.63) is 0 Å². The minimum Gasteiger partial charge on any atom is -0.380 e. The fourth-order valence-electron chi connectivity index (χ4n) is 0.729. The SMILES string of the molecule is C[SH]1(=O)CCOCC1. The van der Waals surface area contributed by atoms with Gasteiger partial charge in [-0.25, -0.2) is 0 Å². The van der Waals surface area contributed by atoms with Crippen molar-refractivity contribution in [1.82, 2.24) is 0 Å². The Balaban J connectivity index is 2.45. The molecule has 0 saturated carbocycles. The van der Waals surface area contributed by atoms with Gasteiger partial charge < -0.3 is 4.74 Å². The molecule has 0 aromatic rings. The van der Waals surface area contributed by atoms with Crippen LogP contribution in [0.4, 0.5) is 0 Å². The van der Waals surface area contributed by atoms with E-state index in [0.717, 1.165) is 11.5 Å². The minimum atomic E-state index is -1.71. The highest BCUT2D eigenvalue weighted by atomic mass is 32.2. The summed E-state index contributed by atoms with van der Waals surface area (Å²) in [5, 5.41) is 0. The van der Waals surface area contributed by atoms with E-state index in [0.29, 0.717) is 13.2 Å². The van der Waals surface area contributed by atoms with E-state index in [2.05, 4.69) is 0 Å². The summed E-state index contributed by atoms with van der Waals surface area (Å²) in [6.07, 6.45) is 1.86. The molecule has 3 heteroatoms. The van der Waals surface area contributed by atoms with Crippen molar-refractivity contribution >= 4 is 9.93 Å². The van der Waals surface area contributed by atoms with Crippen LogP contribution in [0.3, 0.4) is 0 Å². The van der Waals surface area contributed by atoms with Gasteiger partial charge in [0.2, 0.25) is 0 Å². The van der Waals surface area contributed by atoms with Crippen LogP contribution in [-0.4, -0.2) is 35.2 Å². The first-order valence-corrected chi connectivity index (χ1v) is 5.36. The molecule has 0 aromatic carbocycles. The Hall–Kier alpha value is 0.110. The second kappa shape index (κ2) is 2.15. The molecule has 1 aliphatic heterocycles. The molecule has 1 aliphatic rings. The van der Waals surface area contributed by atoms with Crippen molar-refractivity contribution in [2.75, 3.05) is 31.0 Å². The van der Waals surface area contributed by atoms with Crippen LogP contribution in [-0.2, 0) is 14.7 Å². The first kappa shape index (κ1) is 6.23. The molecule has 0 atom stereocenters. The molecule has 0 bridgehead atoms. The Morgan fingerprint density at radius 1 is 1.38 bits per heavy atom. The molecular weight excluding hydrogens is 124 g/mol. The molecule has 0 N–H and O–H groups in total. The third-order valence-electron chi connectivity index (χ3n) is 1.42. The Kier molecular flexibility index (Phi) is 1.68. The molecular formula is C5H12O2S. The Morgan fingerprint density at radius 2 is 1.88 bits per heavy atom. The van der Waals surface area contributed by atoms with Crippen LogP contribution in [0.25, 0.3) is 0 Å². The number of thiol groups is 1. The molecule has 2 nitrogen and oxygen atoms in total. The lowest BCUT2D eigenvalue weighted by Gasteiger charge is -2.22. The maximum absolute atomic E-state index is 11.2. The van der Waals surface area contributed by atoms with Crippen LogP contribution < -0.4 is 0 Å². The average molecular weight is 136 g/mol. The number of hydrogen-bond donors (Lipinski definition) is 1. The smallest absolute Gasteiger partial charge is 0.0562 e. The molecule has 0 unspecified atom stereocenters. The molecule has 1 fully saturated rings. The van der Waals surface area contributed by atoms with E-state index in [-0.39, 0.29) is 0 Å². The maximum atomic E-state index is 11.2. The maximum Gasteiger partial charge on any atom is 0.0562 e. The van der Waals surface area contributed by atoms with E-state index in [4.69, 9.17) is 4.74 Å². The van der Waals surface area contributed by atoms with Crippen LogP contribution in [0.5, 0.6) is 0 Å². The van der Waals surface area contributed by atoms with E-state index >= 15 is 0 Å². The summed E-state index contributed by atoms with van der Waals surface area (Å²) in [6.45, 7) is 1.40. The van der Waals surface area contributed by atoms with E-state index in [1.54, 1.807) is 0 Å². The molecule has 0 amide bonds. The second-order valence-corrected chi connectivity index (χ2v) is 5.84. The molecule has 1 heterocycles. The van der Waals surface area contributed by atoms with E-state index in [1.807, 2.05) is 6.26 Å². The van der Waals surface area contributed by atoms with Crippen LogP contribution in [0.15, 0.2) is 0 Å². The van der Waals surface area contributed by atoms with Crippen molar-refractivity contribution in [2.45, 2.75) is 0 Å². The standard InChI is InChI=1S/C5H12O2S/c1-8(6)4-2-7-3-5-8/h8H,2-5H2,1H3. The van der Waals surface area contributed by atoms with Crippen molar-refractivity contribution < 1.29 is 8.95 Å². The molecule has 0 spiro atoms. The van der Waals surface area contributed by atoms with Gasteiger partial charge in [-0.15, -0.1) is 9.93 Å². The first-order chi connectivity index (χ1) is 3.71. The Morgan fingerprint density at radius 3 is 2.12 bits per heavy atom. The zero-order chi connectivity index (χ0) is 6.04. The summed E-state index contributed by atoms with van der Waals surface area (Å²) in [6, 6.07) is 0. The van der Waals surface area contributed by atoms with E-state index < -0.39 is 9.93 Å². The van der Waals surface area contributed by atoms with Crippen molar-refractivity contribution in [2.24, 2.45) is 0 Å². The summed E-state index contributed by atoms with van der Waals surface area (Å²) < 4.78 is 16.2. The summed E-state index contributed by atoms with van der Waals surface area (Å²) >= 11 is 0. The topological polar surface area (TPSA) is 26.3 Å². The minimum absolute atomic E-state index is 0.702. The van der Waals surface area contributed by atoms with Crippen molar-refractivity contribution in [3.8, 4) is 0 Å². The van der Waals surface area contributed by atoms with Crippen LogP contribution >= 0.6 is 0 Å². The lowest BCUT2D eigenvalue weighted by molar-refractivity contribution is 0.157.